The minimum absolute atomic E-state index is 0.0799. The SMILES string of the molecule is C=C(C)C(=O)OC(CCOc1ccc(C2(c3ccc(OCC(COCCOCC4(CC)CON4)OC(=O)C(=C)C)cc3)Cc3ccccc3-c3ccccc32)cc1)COCCOCC1(CC)CCOC1. The van der Waals surface area contributed by atoms with E-state index in [0.717, 1.165) is 50.0 Å². The molecule has 0 saturated carbocycles. The molecule has 5 atom stereocenters. The number of carbonyl (C=O) groups excluding carboxylic acids is 2. The summed E-state index contributed by atoms with van der Waals surface area (Å²) in [6.45, 7) is 20.5. The molecule has 2 heterocycles. The third-order valence-corrected chi connectivity index (χ3v) is 13.6. The van der Waals surface area contributed by atoms with Gasteiger partial charge in [0.05, 0.1) is 78.2 Å². The second-order valence-corrected chi connectivity index (χ2v) is 18.8. The molecule has 0 aromatic heterocycles. The standard InChI is InChI=1S/C57H71NO12/c1-7-55(26-28-63-37-55)38-64-31-29-61-34-48(69-53(59)41(3)4)25-27-66-46-21-17-44(18-22-46)57(33-43-13-9-10-14-50(43)51-15-11-12-16-52(51)57)45-19-23-47(24-20-45)67-36-49(70-54(60)42(5)6)35-62-30-32-65-39-56(8-2)40-68-58-56/h9-24,48-49,58H,3,5,7-8,25-40H2,1-2,4,6H3. The molecule has 0 bridgehead atoms. The molecular weight excluding hydrogens is 891 g/mol. The van der Waals surface area contributed by atoms with Gasteiger partial charge in [0, 0.05) is 35.0 Å². The Hall–Kier alpha value is -5.38. The second kappa shape index (κ2) is 25.1. The summed E-state index contributed by atoms with van der Waals surface area (Å²) in [5, 5.41) is 0. The topological polar surface area (TPSA) is 138 Å². The van der Waals surface area contributed by atoms with Gasteiger partial charge in [0.25, 0.3) is 0 Å². The molecule has 0 radical (unpaired) electrons. The Morgan fingerprint density at radius 1 is 0.643 bits per heavy atom. The first kappa shape index (κ1) is 52.4. The third-order valence-electron chi connectivity index (χ3n) is 13.6. The highest BCUT2D eigenvalue weighted by Gasteiger charge is 2.42. The molecule has 2 aliphatic heterocycles. The molecule has 2 saturated heterocycles. The normalized spacial score (nSPS) is 21.1. The van der Waals surface area contributed by atoms with E-state index in [9.17, 15) is 9.59 Å². The average molecular weight is 962 g/mol. The molecule has 1 aliphatic carbocycles. The number of nitrogens with one attached hydrogen (secondary N) is 1. The van der Waals surface area contributed by atoms with Crippen LogP contribution in [0.5, 0.6) is 11.5 Å². The predicted molar refractivity (Wildman–Crippen MR) is 267 cm³/mol. The fraction of sp³-hybridized carbons (Fsp3) is 0.474. The highest BCUT2D eigenvalue weighted by molar-refractivity contribution is 5.87. The van der Waals surface area contributed by atoms with Crippen LogP contribution in [0.3, 0.4) is 0 Å². The van der Waals surface area contributed by atoms with Crippen LogP contribution in [0.4, 0.5) is 0 Å². The summed E-state index contributed by atoms with van der Waals surface area (Å²) < 4.78 is 53.3. The summed E-state index contributed by atoms with van der Waals surface area (Å²) in [7, 11) is 0. The Balaban J connectivity index is 1.01. The maximum absolute atomic E-state index is 12.6. The van der Waals surface area contributed by atoms with Crippen LogP contribution in [0.2, 0.25) is 0 Å². The highest BCUT2D eigenvalue weighted by atomic mass is 16.7. The highest BCUT2D eigenvalue weighted by Crippen LogP contribution is 2.51. The van der Waals surface area contributed by atoms with Crippen LogP contribution in [0.25, 0.3) is 11.1 Å². The Bertz CT molecular complexity index is 2330. The molecule has 376 valence electrons. The number of hydrogen-bond acceptors (Lipinski definition) is 13. The van der Waals surface area contributed by atoms with Crippen LogP contribution < -0.4 is 15.0 Å². The van der Waals surface area contributed by atoms with Gasteiger partial charge in [-0.05, 0) is 97.2 Å². The first-order valence-electron chi connectivity index (χ1n) is 24.6. The molecule has 2 fully saturated rings. The first-order chi connectivity index (χ1) is 34.0. The molecule has 1 N–H and O–H groups in total. The number of esters is 2. The molecular formula is C57H71NO12. The van der Waals surface area contributed by atoms with E-state index in [-0.39, 0.29) is 30.8 Å². The summed E-state index contributed by atoms with van der Waals surface area (Å²) in [6.07, 6.45) is 2.85. The van der Waals surface area contributed by atoms with Gasteiger partial charge in [0.15, 0.2) is 6.10 Å². The number of ether oxygens (including phenoxy) is 9. The van der Waals surface area contributed by atoms with Gasteiger partial charge in [0.2, 0.25) is 0 Å². The Labute approximate surface area is 413 Å². The zero-order valence-electron chi connectivity index (χ0n) is 41.4. The van der Waals surface area contributed by atoms with Crippen molar-refractivity contribution in [1.82, 2.24) is 5.48 Å². The lowest BCUT2D eigenvalue weighted by atomic mass is 9.61. The number of benzene rings is 4. The van der Waals surface area contributed by atoms with Crippen molar-refractivity contribution in [2.45, 2.75) is 83.0 Å². The second-order valence-electron chi connectivity index (χ2n) is 18.8. The average Bonchev–Trinajstić information content (AvgIpc) is 3.85. The van der Waals surface area contributed by atoms with E-state index in [4.69, 9.17) is 47.5 Å². The first-order valence-corrected chi connectivity index (χ1v) is 24.6. The zero-order chi connectivity index (χ0) is 49.4. The third kappa shape index (κ3) is 13.3. The van der Waals surface area contributed by atoms with E-state index >= 15 is 0 Å². The van der Waals surface area contributed by atoms with E-state index in [0.29, 0.717) is 81.9 Å². The Morgan fingerprint density at radius 2 is 1.21 bits per heavy atom. The minimum Gasteiger partial charge on any atom is -0.493 e. The molecule has 0 spiro atoms. The lowest BCUT2D eigenvalue weighted by Crippen LogP contribution is -2.62. The number of hydroxylamine groups is 1. The number of rotatable bonds is 29. The van der Waals surface area contributed by atoms with Crippen molar-refractivity contribution in [3.63, 3.8) is 0 Å². The van der Waals surface area contributed by atoms with Crippen LogP contribution in [0.15, 0.2) is 121 Å². The molecule has 4 aromatic carbocycles. The van der Waals surface area contributed by atoms with E-state index in [2.05, 4.69) is 105 Å². The quantitative estimate of drug-likeness (QED) is 0.0315. The Morgan fingerprint density at radius 3 is 1.80 bits per heavy atom. The van der Waals surface area contributed by atoms with Gasteiger partial charge in [-0.2, -0.15) is 5.48 Å². The fourth-order valence-electron chi connectivity index (χ4n) is 9.04. The largest absolute Gasteiger partial charge is 0.493 e. The van der Waals surface area contributed by atoms with Gasteiger partial charge in [-0.3, -0.25) is 4.84 Å². The van der Waals surface area contributed by atoms with Crippen molar-refractivity contribution in [2.75, 3.05) is 85.9 Å². The molecule has 0 amide bonds. The predicted octanol–water partition coefficient (Wildman–Crippen LogP) is 8.93. The van der Waals surface area contributed by atoms with Crippen LogP contribution in [-0.2, 0) is 59.4 Å². The van der Waals surface area contributed by atoms with Crippen molar-refractivity contribution < 1.29 is 57.1 Å². The van der Waals surface area contributed by atoms with E-state index in [1.54, 1.807) is 13.8 Å². The molecule has 13 heteroatoms. The van der Waals surface area contributed by atoms with Crippen LogP contribution in [-0.4, -0.2) is 116 Å². The van der Waals surface area contributed by atoms with E-state index in [1.165, 1.54) is 22.3 Å². The summed E-state index contributed by atoms with van der Waals surface area (Å²) >= 11 is 0. The van der Waals surface area contributed by atoms with Gasteiger partial charge in [-0.1, -0.05) is 99.8 Å². The summed E-state index contributed by atoms with van der Waals surface area (Å²) in [6, 6.07) is 33.6. The van der Waals surface area contributed by atoms with Gasteiger partial charge in [0.1, 0.15) is 24.2 Å². The van der Waals surface area contributed by atoms with Crippen molar-refractivity contribution >= 4 is 11.9 Å². The molecule has 70 heavy (non-hydrogen) atoms. The zero-order valence-corrected chi connectivity index (χ0v) is 41.4. The van der Waals surface area contributed by atoms with Crippen molar-refractivity contribution in [3.8, 4) is 22.6 Å². The van der Waals surface area contributed by atoms with Gasteiger partial charge < -0.3 is 42.6 Å². The smallest absolute Gasteiger partial charge is 0.333 e. The van der Waals surface area contributed by atoms with Crippen LogP contribution >= 0.6 is 0 Å². The molecule has 4 aromatic rings. The maximum atomic E-state index is 12.6. The van der Waals surface area contributed by atoms with Gasteiger partial charge in [-0.25, -0.2) is 9.59 Å². The lowest BCUT2D eigenvalue weighted by molar-refractivity contribution is -0.185. The fourth-order valence-corrected chi connectivity index (χ4v) is 9.04. The molecule has 13 nitrogen and oxygen atoms in total. The number of fused-ring (bicyclic) bond motifs is 3. The molecule has 7 rings (SSSR count). The Kier molecular flexibility index (Phi) is 18.8. The summed E-state index contributed by atoms with van der Waals surface area (Å²) in [5.74, 6) is 0.341. The number of carbonyl (C=O) groups is 2. The van der Waals surface area contributed by atoms with Crippen molar-refractivity contribution in [3.05, 3.63) is 144 Å². The molecule has 5 unspecified atom stereocenters. The van der Waals surface area contributed by atoms with E-state index < -0.39 is 29.6 Å². The maximum Gasteiger partial charge on any atom is 0.333 e. The minimum atomic E-state index is -0.673. The lowest BCUT2D eigenvalue weighted by Gasteiger charge is -2.41. The van der Waals surface area contributed by atoms with E-state index in [1.807, 2.05) is 24.3 Å². The van der Waals surface area contributed by atoms with Crippen LogP contribution in [0.1, 0.15) is 75.6 Å². The van der Waals surface area contributed by atoms with Gasteiger partial charge >= 0.3 is 11.9 Å². The number of hydrogen-bond donors (Lipinski definition) is 1. The summed E-state index contributed by atoms with van der Waals surface area (Å²) in [4.78, 5) is 30.3. The molecule has 3 aliphatic rings. The van der Waals surface area contributed by atoms with Crippen molar-refractivity contribution in [2.24, 2.45) is 5.41 Å². The van der Waals surface area contributed by atoms with Crippen molar-refractivity contribution in [1.29, 1.82) is 0 Å². The summed E-state index contributed by atoms with van der Waals surface area (Å²) in [5.41, 5.74) is 9.96. The van der Waals surface area contributed by atoms with Crippen LogP contribution in [0, 0.1) is 5.41 Å². The van der Waals surface area contributed by atoms with Gasteiger partial charge in [-0.15, -0.1) is 0 Å². The monoisotopic (exact) mass is 961 g/mol.